The second-order valence-electron chi connectivity index (χ2n) is 13.8. The standard InChI is InChI=1S/C35H46N4O4/c1-37(2)34(42)29-9-7-25(8-10-29)24-43-31-6-4-3-5-30(31)23-38-11-13-39(14-12-38)33(41)22-36-32(40)21-35-18-26-15-27(19-35)17-28(16-26)20-35/h3-10,26-28H,11-24H2,1-2H3,(H,36,40). The molecule has 7 rings (SSSR count). The van der Waals surface area contributed by atoms with Crippen LogP contribution in [0.2, 0.25) is 0 Å². The predicted molar refractivity (Wildman–Crippen MR) is 165 cm³/mol. The summed E-state index contributed by atoms with van der Waals surface area (Å²) in [6.07, 6.45) is 8.36. The van der Waals surface area contributed by atoms with Crippen molar-refractivity contribution in [2.45, 2.75) is 58.1 Å². The highest BCUT2D eigenvalue weighted by Crippen LogP contribution is 2.61. The van der Waals surface area contributed by atoms with Crippen LogP contribution in [0.4, 0.5) is 0 Å². The summed E-state index contributed by atoms with van der Waals surface area (Å²) in [7, 11) is 3.49. The average Bonchev–Trinajstić information content (AvgIpc) is 2.99. The normalized spacial score (nSPS) is 26.3. The van der Waals surface area contributed by atoms with Crippen molar-refractivity contribution < 1.29 is 19.1 Å². The first-order valence-corrected chi connectivity index (χ1v) is 16.0. The number of nitrogens with one attached hydrogen (secondary N) is 1. The number of hydrogen-bond donors (Lipinski definition) is 1. The highest BCUT2D eigenvalue weighted by molar-refractivity contribution is 5.93. The topological polar surface area (TPSA) is 82.2 Å². The Bertz CT molecular complexity index is 1280. The van der Waals surface area contributed by atoms with Crippen molar-refractivity contribution in [1.82, 2.24) is 20.0 Å². The summed E-state index contributed by atoms with van der Waals surface area (Å²) >= 11 is 0. The van der Waals surface area contributed by atoms with Crippen LogP contribution in [0.15, 0.2) is 48.5 Å². The third-order valence-corrected chi connectivity index (χ3v) is 10.2. The van der Waals surface area contributed by atoms with Gasteiger partial charge in [-0.3, -0.25) is 19.3 Å². The summed E-state index contributed by atoms with van der Waals surface area (Å²) in [6.45, 7) is 4.15. The van der Waals surface area contributed by atoms with Gasteiger partial charge in [-0.15, -0.1) is 0 Å². The Hall–Kier alpha value is -3.39. The van der Waals surface area contributed by atoms with Crippen LogP contribution in [0.3, 0.4) is 0 Å². The Kier molecular flexibility index (Phi) is 8.75. The molecule has 5 fully saturated rings. The Balaban J connectivity index is 0.936. The van der Waals surface area contributed by atoms with Crippen LogP contribution < -0.4 is 10.1 Å². The number of para-hydroxylation sites is 1. The van der Waals surface area contributed by atoms with Crippen LogP contribution in [0, 0.1) is 23.2 Å². The Morgan fingerprint density at radius 3 is 2.14 bits per heavy atom. The number of carbonyl (C=O) groups is 3. The largest absolute Gasteiger partial charge is 0.489 e. The van der Waals surface area contributed by atoms with Crippen LogP contribution >= 0.6 is 0 Å². The van der Waals surface area contributed by atoms with Crippen molar-refractivity contribution in [2.75, 3.05) is 46.8 Å². The molecule has 3 amide bonds. The third-order valence-electron chi connectivity index (χ3n) is 10.2. The van der Waals surface area contributed by atoms with E-state index in [9.17, 15) is 14.4 Å². The lowest BCUT2D eigenvalue weighted by Crippen LogP contribution is -2.51. The van der Waals surface area contributed by atoms with Crippen LogP contribution in [-0.4, -0.2) is 79.2 Å². The Labute approximate surface area is 255 Å². The number of benzene rings is 2. The Morgan fingerprint density at radius 1 is 0.884 bits per heavy atom. The molecule has 0 spiro atoms. The molecule has 4 saturated carbocycles. The van der Waals surface area contributed by atoms with Crippen LogP contribution in [0.1, 0.15) is 66.4 Å². The van der Waals surface area contributed by atoms with Crippen LogP contribution in [-0.2, 0) is 22.7 Å². The van der Waals surface area contributed by atoms with Gasteiger partial charge in [0.1, 0.15) is 12.4 Å². The molecule has 1 heterocycles. The fraction of sp³-hybridized carbons (Fsp3) is 0.571. The van der Waals surface area contributed by atoms with Gasteiger partial charge in [0.05, 0.1) is 6.54 Å². The number of ether oxygens (including phenoxy) is 1. The van der Waals surface area contributed by atoms with Crippen molar-refractivity contribution in [2.24, 2.45) is 23.2 Å². The van der Waals surface area contributed by atoms with E-state index in [0.717, 1.165) is 54.3 Å². The monoisotopic (exact) mass is 586 g/mol. The maximum atomic E-state index is 12.9. The first-order chi connectivity index (χ1) is 20.7. The Morgan fingerprint density at radius 2 is 1.51 bits per heavy atom. The van der Waals surface area contributed by atoms with Gasteiger partial charge in [-0.1, -0.05) is 30.3 Å². The summed E-state index contributed by atoms with van der Waals surface area (Å²) in [5.74, 6) is 3.38. The molecule has 0 unspecified atom stereocenters. The zero-order valence-corrected chi connectivity index (χ0v) is 25.7. The molecule has 0 aromatic heterocycles. The lowest BCUT2D eigenvalue weighted by Gasteiger charge is -2.56. The van der Waals surface area contributed by atoms with E-state index < -0.39 is 0 Å². The van der Waals surface area contributed by atoms with Gasteiger partial charge in [-0.2, -0.15) is 0 Å². The van der Waals surface area contributed by atoms with Crippen molar-refractivity contribution in [1.29, 1.82) is 0 Å². The van der Waals surface area contributed by atoms with E-state index >= 15 is 0 Å². The first-order valence-electron chi connectivity index (χ1n) is 16.0. The molecule has 43 heavy (non-hydrogen) atoms. The number of nitrogens with zero attached hydrogens (tertiary/aromatic N) is 3. The minimum absolute atomic E-state index is 0.0144. The van der Waals surface area contributed by atoms with E-state index in [4.69, 9.17) is 4.74 Å². The van der Waals surface area contributed by atoms with E-state index in [1.807, 2.05) is 47.4 Å². The fourth-order valence-corrected chi connectivity index (χ4v) is 8.53. The summed E-state index contributed by atoms with van der Waals surface area (Å²) in [5.41, 5.74) is 2.97. The van der Waals surface area contributed by atoms with E-state index in [1.165, 1.54) is 38.5 Å². The van der Waals surface area contributed by atoms with Gasteiger partial charge in [0.2, 0.25) is 11.8 Å². The second kappa shape index (κ2) is 12.7. The predicted octanol–water partition coefficient (Wildman–Crippen LogP) is 4.33. The third kappa shape index (κ3) is 7.06. The van der Waals surface area contributed by atoms with E-state index in [-0.39, 0.29) is 29.7 Å². The second-order valence-corrected chi connectivity index (χ2v) is 13.8. The maximum absolute atomic E-state index is 12.9. The smallest absolute Gasteiger partial charge is 0.253 e. The molecule has 2 aromatic carbocycles. The van der Waals surface area contributed by atoms with Crippen molar-refractivity contribution in [3.05, 3.63) is 65.2 Å². The maximum Gasteiger partial charge on any atom is 0.253 e. The van der Waals surface area contributed by atoms with Gasteiger partial charge >= 0.3 is 0 Å². The fourth-order valence-electron chi connectivity index (χ4n) is 8.53. The van der Waals surface area contributed by atoms with Gasteiger partial charge in [-0.05, 0) is 85.5 Å². The molecule has 8 nitrogen and oxygen atoms in total. The lowest BCUT2D eigenvalue weighted by atomic mass is 9.49. The van der Waals surface area contributed by atoms with Crippen LogP contribution in [0.25, 0.3) is 0 Å². The van der Waals surface area contributed by atoms with Crippen molar-refractivity contribution >= 4 is 17.7 Å². The number of rotatable bonds is 10. The first kappa shape index (κ1) is 29.7. The van der Waals surface area contributed by atoms with Gasteiger partial charge in [-0.25, -0.2) is 0 Å². The minimum atomic E-state index is -0.0168. The summed E-state index contributed by atoms with van der Waals surface area (Å²) < 4.78 is 6.19. The summed E-state index contributed by atoms with van der Waals surface area (Å²) in [5, 5.41) is 2.98. The number of carbonyl (C=O) groups excluding carboxylic acids is 3. The van der Waals surface area contributed by atoms with Crippen LogP contribution in [0.5, 0.6) is 5.75 Å². The zero-order chi connectivity index (χ0) is 30.0. The van der Waals surface area contributed by atoms with Crippen molar-refractivity contribution in [3.8, 4) is 5.75 Å². The quantitative estimate of drug-likeness (QED) is 0.448. The van der Waals surface area contributed by atoms with E-state index in [2.05, 4.69) is 16.3 Å². The molecule has 1 aliphatic heterocycles. The zero-order valence-electron chi connectivity index (χ0n) is 25.7. The summed E-state index contributed by atoms with van der Waals surface area (Å²) in [6, 6.07) is 15.6. The molecule has 0 radical (unpaired) electrons. The van der Waals surface area contributed by atoms with E-state index in [0.29, 0.717) is 31.7 Å². The van der Waals surface area contributed by atoms with Gasteiger partial charge in [0.25, 0.3) is 5.91 Å². The molecular formula is C35H46N4O4. The van der Waals surface area contributed by atoms with Gasteiger partial charge in [0.15, 0.2) is 0 Å². The molecule has 1 N–H and O–H groups in total. The SMILES string of the molecule is CN(C)C(=O)c1ccc(COc2ccccc2CN2CCN(C(=O)CNC(=O)CC34CC5CC(CC(C5)C3)C4)CC2)cc1. The minimum Gasteiger partial charge on any atom is -0.489 e. The lowest BCUT2D eigenvalue weighted by molar-refractivity contribution is -0.136. The highest BCUT2D eigenvalue weighted by atomic mass is 16.5. The molecule has 230 valence electrons. The molecule has 4 aliphatic carbocycles. The molecule has 8 heteroatoms. The highest BCUT2D eigenvalue weighted by Gasteiger charge is 2.51. The number of hydrogen-bond acceptors (Lipinski definition) is 5. The van der Waals surface area contributed by atoms with Gasteiger partial charge in [0, 0.05) is 64.4 Å². The molecule has 0 atom stereocenters. The molecule has 2 aromatic rings. The molecule has 4 bridgehead atoms. The number of amides is 3. The molecule has 1 saturated heterocycles. The molecule has 5 aliphatic rings. The molecular weight excluding hydrogens is 540 g/mol. The summed E-state index contributed by atoms with van der Waals surface area (Å²) in [4.78, 5) is 43.8. The van der Waals surface area contributed by atoms with Crippen molar-refractivity contribution in [3.63, 3.8) is 0 Å². The number of piperazine rings is 1. The van der Waals surface area contributed by atoms with E-state index in [1.54, 1.807) is 19.0 Å². The average molecular weight is 587 g/mol. The van der Waals surface area contributed by atoms with Gasteiger partial charge < -0.3 is 19.9 Å².